The monoisotopic (exact) mass is 256 g/mol. The molecule has 2 aromatic rings. The molecule has 0 saturated heterocycles. The molecule has 2 heteroatoms. The van der Waals surface area contributed by atoms with Crippen LogP contribution in [0.5, 0.6) is 5.75 Å². The number of aliphatic hydroxyl groups excluding tert-OH is 1. The Hall–Kier alpha value is -1.54. The van der Waals surface area contributed by atoms with Gasteiger partial charge in [-0.05, 0) is 34.8 Å². The molecule has 1 fully saturated rings. The Morgan fingerprint density at radius 1 is 1.16 bits per heavy atom. The third-order valence-electron chi connectivity index (χ3n) is 4.43. The van der Waals surface area contributed by atoms with Crippen LogP contribution in [0.4, 0.5) is 0 Å². The molecule has 0 heterocycles. The molecule has 3 rings (SSSR count). The maximum atomic E-state index is 10.6. The number of ether oxygens (including phenoxy) is 1. The van der Waals surface area contributed by atoms with Crippen LogP contribution in [0, 0.1) is 11.3 Å². The molecule has 2 aromatic carbocycles. The molecule has 2 atom stereocenters. The van der Waals surface area contributed by atoms with Crippen molar-refractivity contribution in [2.24, 2.45) is 11.3 Å². The van der Waals surface area contributed by atoms with Gasteiger partial charge in [0.05, 0.1) is 13.2 Å². The quantitative estimate of drug-likeness (QED) is 0.901. The van der Waals surface area contributed by atoms with E-state index in [2.05, 4.69) is 19.9 Å². The summed E-state index contributed by atoms with van der Waals surface area (Å²) in [5.74, 6) is 1.23. The highest BCUT2D eigenvalue weighted by atomic mass is 16.5. The molecule has 0 radical (unpaired) electrons. The highest BCUT2D eigenvalue weighted by Gasteiger charge is 2.50. The second kappa shape index (κ2) is 4.24. The zero-order valence-electron chi connectivity index (χ0n) is 11.7. The van der Waals surface area contributed by atoms with E-state index in [0.29, 0.717) is 5.92 Å². The largest absolute Gasteiger partial charge is 0.496 e. The molecule has 100 valence electrons. The van der Waals surface area contributed by atoms with Gasteiger partial charge in [0, 0.05) is 5.39 Å². The molecular formula is C17H20O2. The summed E-state index contributed by atoms with van der Waals surface area (Å²) in [5.41, 5.74) is 1.28. The Bertz CT molecular complexity index is 616. The zero-order valence-corrected chi connectivity index (χ0v) is 11.7. The van der Waals surface area contributed by atoms with Crippen LogP contribution >= 0.6 is 0 Å². The third kappa shape index (κ3) is 2.00. The first kappa shape index (κ1) is 12.5. The number of hydrogen-bond donors (Lipinski definition) is 1. The van der Waals surface area contributed by atoms with Gasteiger partial charge < -0.3 is 9.84 Å². The van der Waals surface area contributed by atoms with E-state index >= 15 is 0 Å². The normalized spacial score (nSPS) is 22.2. The average Bonchev–Trinajstić information content (AvgIpc) is 3.05. The van der Waals surface area contributed by atoms with Gasteiger partial charge in [0.1, 0.15) is 5.75 Å². The lowest BCUT2D eigenvalue weighted by molar-refractivity contribution is 0.140. The minimum atomic E-state index is -0.384. The number of hydrogen-bond acceptors (Lipinski definition) is 2. The van der Waals surface area contributed by atoms with Crippen molar-refractivity contribution in [2.45, 2.75) is 26.4 Å². The van der Waals surface area contributed by atoms with E-state index in [9.17, 15) is 5.11 Å². The van der Waals surface area contributed by atoms with Crippen molar-refractivity contribution in [2.75, 3.05) is 7.11 Å². The van der Waals surface area contributed by atoms with Crippen molar-refractivity contribution in [3.63, 3.8) is 0 Å². The van der Waals surface area contributed by atoms with Crippen LogP contribution in [-0.4, -0.2) is 12.2 Å². The van der Waals surface area contributed by atoms with Gasteiger partial charge in [0.2, 0.25) is 0 Å². The van der Waals surface area contributed by atoms with Crippen molar-refractivity contribution < 1.29 is 9.84 Å². The minimum absolute atomic E-state index is 0.264. The molecule has 2 nitrogen and oxygen atoms in total. The summed E-state index contributed by atoms with van der Waals surface area (Å²) in [5, 5.41) is 12.8. The van der Waals surface area contributed by atoms with E-state index in [1.165, 1.54) is 0 Å². The van der Waals surface area contributed by atoms with Crippen LogP contribution < -0.4 is 4.74 Å². The first-order chi connectivity index (χ1) is 9.04. The summed E-state index contributed by atoms with van der Waals surface area (Å²) >= 11 is 0. The van der Waals surface area contributed by atoms with Crippen LogP contribution in [-0.2, 0) is 0 Å². The van der Waals surface area contributed by atoms with Crippen LogP contribution in [0.2, 0.25) is 0 Å². The molecule has 0 aliphatic heterocycles. The van der Waals surface area contributed by atoms with Crippen molar-refractivity contribution >= 4 is 10.8 Å². The fraction of sp³-hybridized carbons (Fsp3) is 0.412. The molecule has 1 N–H and O–H groups in total. The fourth-order valence-corrected chi connectivity index (χ4v) is 2.99. The van der Waals surface area contributed by atoms with E-state index in [1.54, 1.807) is 7.11 Å². The van der Waals surface area contributed by atoms with E-state index in [1.807, 2.05) is 30.3 Å². The summed E-state index contributed by atoms with van der Waals surface area (Å²) in [4.78, 5) is 0. The van der Waals surface area contributed by atoms with Crippen LogP contribution in [0.15, 0.2) is 36.4 Å². The number of benzene rings is 2. The lowest BCUT2D eigenvalue weighted by atomic mass is 9.94. The lowest BCUT2D eigenvalue weighted by Crippen LogP contribution is -2.05. The summed E-state index contributed by atoms with van der Waals surface area (Å²) in [6.45, 7) is 4.43. The smallest absolute Gasteiger partial charge is 0.126 e. The second-order valence-corrected chi connectivity index (χ2v) is 6.15. The summed E-state index contributed by atoms with van der Waals surface area (Å²) in [7, 11) is 1.68. The van der Waals surface area contributed by atoms with Crippen molar-refractivity contribution in [3.8, 4) is 5.75 Å². The standard InChI is InChI=1S/C17H20O2/c1-17(2)10-14(17)16(18)13-8-9-15(19-3)12-7-5-4-6-11(12)13/h4-9,14,16,18H,10H2,1-3H3. The molecule has 0 bridgehead atoms. The van der Waals surface area contributed by atoms with Gasteiger partial charge in [0.15, 0.2) is 0 Å². The Labute approximate surface area is 114 Å². The van der Waals surface area contributed by atoms with E-state index in [0.717, 1.165) is 28.5 Å². The average molecular weight is 256 g/mol. The molecule has 0 amide bonds. The second-order valence-electron chi connectivity index (χ2n) is 6.15. The van der Waals surface area contributed by atoms with Gasteiger partial charge in [-0.2, -0.15) is 0 Å². The van der Waals surface area contributed by atoms with Gasteiger partial charge in [-0.15, -0.1) is 0 Å². The topological polar surface area (TPSA) is 29.5 Å². The predicted octanol–water partition coefficient (Wildman–Crippen LogP) is 3.93. The molecule has 19 heavy (non-hydrogen) atoms. The van der Waals surface area contributed by atoms with Crippen molar-refractivity contribution in [3.05, 3.63) is 42.0 Å². The molecule has 2 unspecified atom stereocenters. The van der Waals surface area contributed by atoms with Crippen LogP contribution in [0.25, 0.3) is 10.8 Å². The summed E-state index contributed by atoms with van der Waals surface area (Å²) < 4.78 is 5.40. The SMILES string of the molecule is COc1ccc(C(O)C2CC2(C)C)c2ccccc12. The van der Waals surface area contributed by atoms with Gasteiger partial charge in [0.25, 0.3) is 0 Å². The number of aliphatic hydroxyl groups is 1. The zero-order chi connectivity index (χ0) is 13.6. The van der Waals surface area contributed by atoms with Crippen molar-refractivity contribution in [1.82, 2.24) is 0 Å². The lowest BCUT2D eigenvalue weighted by Gasteiger charge is -2.17. The van der Waals surface area contributed by atoms with E-state index < -0.39 is 0 Å². The van der Waals surface area contributed by atoms with Crippen LogP contribution in [0.3, 0.4) is 0 Å². The van der Waals surface area contributed by atoms with E-state index in [4.69, 9.17) is 4.74 Å². The van der Waals surface area contributed by atoms with Gasteiger partial charge in [-0.3, -0.25) is 0 Å². The molecule has 0 aromatic heterocycles. The maximum absolute atomic E-state index is 10.6. The Kier molecular flexibility index (Phi) is 2.79. The Morgan fingerprint density at radius 2 is 1.79 bits per heavy atom. The number of rotatable bonds is 3. The van der Waals surface area contributed by atoms with E-state index in [-0.39, 0.29) is 11.5 Å². The third-order valence-corrected chi connectivity index (χ3v) is 4.43. The summed E-state index contributed by atoms with van der Waals surface area (Å²) in [6.07, 6.45) is 0.708. The molecule has 1 saturated carbocycles. The van der Waals surface area contributed by atoms with Gasteiger partial charge >= 0.3 is 0 Å². The fourth-order valence-electron chi connectivity index (χ4n) is 2.99. The molecular weight excluding hydrogens is 236 g/mol. The molecule has 1 aliphatic rings. The van der Waals surface area contributed by atoms with Gasteiger partial charge in [-0.1, -0.05) is 44.2 Å². The Morgan fingerprint density at radius 3 is 2.37 bits per heavy atom. The first-order valence-electron chi connectivity index (χ1n) is 6.78. The highest BCUT2D eigenvalue weighted by molar-refractivity contribution is 5.91. The van der Waals surface area contributed by atoms with Crippen molar-refractivity contribution in [1.29, 1.82) is 0 Å². The maximum Gasteiger partial charge on any atom is 0.126 e. The predicted molar refractivity (Wildman–Crippen MR) is 77.3 cm³/mol. The Balaban J connectivity index is 2.10. The number of fused-ring (bicyclic) bond motifs is 1. The number of methoxy groups -OCH3 is 1. The minimum Gasteiger partial charge on any atom is -0.496 e. The van der Waals surface area contributed by atoms with Crippen LogP contribution in [0.1, 0.15) is 31.9 Å². The molecule has 1 aliphatic carbocycles. The molecule has 0 spiro atoms. The highest BCUT2D eigenvalue weighted by Crippen LogP contribution is 2.58. The first-order valence-corrected chi connectivity index (χ1v) is 6.78. The summed E-state index contributed by atoms with van der Waals surface area (Å²) in [6, 6.07) is 12.1. The van der Waals surface area contributed by atoms with Gasteiger partial charge in [-0.25, -0.2) is 0 Å².